The quantitative estimate of drug-likeness (QED) is 0.633. The van der Waals surface area contributed by atoms with Gasteiger partial charge in [0.15, 0.2) is 0 Å². The molecule has 2 aromatic carbocycles. The molecule has 2 N–H and O–H groups in total. The zero-order chi connectivity index (χ0) is 20.9. The Morgan fingerprint density at radius 1 is 1.04 bits per heavy atom. The van der Waals surface area contributed by atoms with E-state index >= 15 is 0 Å². The minimum absolute atomic E-state index is 0.0172. The molecule has 0 radical (unpaired) electrons. The Morgan fingerprint density at radius 3 is 2.29 bits per heavy atom. The molecule has 0 unspecified atom stereocenters. The van der Waals surface area contributed by atoms with Crippen molar-refractivity contribution in [3.8, 4) is 0 Å². The van der Waals surface area contributed by atoms with E-state index in [2.05, 4.69) is 26.8 Å². The van der Waals surface area contributed by atoms with Gasteiger partial charge in [0.25, 0.3) is 11.8 Å². The van der Waals surface area contributed by atoms with Crippen LogP contribution in [0.4, 0.5) is 4.39 Å². The molecule has 2 amide bonds. The lowest BCUT2D eigenvalue weighted by Gasteiger charge is -2.18. The molecule has 0 saturated heterocycles. The molecule has 7 nitrogen and oxygen atoms in total. The minimum atomic E-state index is -3.72. The van der Waals surface area contributed by atoms with E-state index in [1.807, 2.05) is 0 Å². The van der Waals surface area contributed by atoms with Crippen LogP contribution in [0.25, 0.3) is 0 Å². The highest BCUT2D eigenvalue weighted by Gasteiger charge is 2.22. The van der Waals surface area contributed by atoms with Crippen molar-refractivity contribution >= 4 is 37.8 Å². The average Bonchev–Trinajstić information content (AvgIpc) is 2.66. The Morgan fingerprint density at radius 2 is 1.68 bits per heavy atom. The lowest BCUT2D eigenvalue weighted by atomic mass is 10.2. The molecule has 0 saturated carbocycles. The zero-order valence-corrected chi connectivity index (χ0v) is 17.6. The molecule has 0 aliphatic carbocycles. The van der Waals surface area contributed by atoms with Crippen LogP contribution < -0.4 is 10.9 Å². The van der Waals surface area contributed by atoms with Crippen LogP contribution >= 0.6 is 15.9 Å². The Kier molecular flexibility index (Phi) is 7.28. The predicted molar refractivity (Wildman–Crippen MR) is 106 cm³/mol. The smallest absolute Gasteiger partial charge is 0.267 e. The van der Waals surface area contributed by atoms with Gasteiger partial charge in [-0.2, -0.15) is 4.31 Å². The molecule has 0 aliphatic rings. The van der Waals surface area contributed by atoms with Crippen LogP contribution in [0.3, 0.4) is 0 Å². The van der Waals surface area contributed by atoms with Crippen molar-refractivity contribution in [2.45, 2.75) is 18.7 Å². The average molecular weight is 472 g/mol. The second-order valence-electron chi connectivity index (χ2n) is 5.65. The van der Waals surface area contributed by atoms with Gasteiger partial charge >= 0.3 is 0 Å². The Balaban J connectivity index is 2.14. The van der Waals surface area contributed by atoms with E-state index < -0.39 is 27.7 Å². The van der Waals surface area contributed by atoms with Crippen molar-refractivity contribution in [3.63, 3.8) is 0 Å². The number of hydrogen-bond donors (Lipinski definition) is 2. The maximum atomic E-state index is 13.1. The van der Waals surface area contributed by atoms with Crippen molar-refractivity contribution in [1.82, 2.24) is 15.2 Å². The van der Waals surface area contributed by atoms with Crippen LogP contribution in [0.15, 0.2) is 51.8 Å². The van der Waals surface area contributed by atoms with E-state index in [1.165, 1.54) is 34.6 Å². The second kappa shape index (κ2) is 9.26. The molecular weight excluding hydrogens is 453 g/mol. The van der Waals surface area contributed by atoms with E-state index in [-0.39, 0.29) is 20.5 Å². The zero-order valence-electron chi connectivity index (χ0n) is 15.2. The molecule has 2 aromatic rings. The topological polar surface area (TPSA) is 95.6 Å². The minimum Gasteiger partial charge on any atom is -0.267 e. The molecule has 10 heteroatoms. The van der Waals surface area contributed by atoms with Gasteiger partial charge in [-0.15, -0.1) is 0 Å². The second-order valence-corrected chi connectivity index (χ2v) is 8.44. The summed E-state index contributed by atoms with van der Waals surface area (Å²) in [6, 6.07) is 9.02. The third kappa shape index (κ3) is 4.94. The largest absolute Gasteiger partial charge is 0.270 e. The maximum Gasteiger partial charge on any atom is 0.270 e. The lowest BCUT2D eigenvalue weighted by Crippen LogP contribution is -2.41. The van der Waals surface area contributed by atoms with Gasteiger partial charge in [0.2, 0.25) is 10.0 Å². The highest BCUT2D eigenvalue weighted by atomic mass is 79.9. The summed E-state index contributed by atoms with van der Waals surface area (Å²) in [7, 11) is -3.72. The monoisotopic (exact) mass is 471 g/mol. The molecule has 0 spiro atoms. The lowest BCUT2D eigenvalue weighted by molar-refractivity contribution is 0.0846. The number of carbonyl (C=O) groups is 2. The fourth-order valence-corrected chi connectivity index (χ4v) is 4.47. The standard InChI is InChI=1S/C18H19BrFN3O4S/c1-3-23(4-2)28(26,27)14-7-5-6-12(10-14)17(24)21-22-18(25)15-9-8-13(20)11-16(15)19/h5-11H,3-4H2,1-2H3,(H,21,24)(H,22,25). The number of benzene rings is 2. The first-order chi connectivity index (χ1) is 13.2. The molecule has 28 heavy (non-hydrogen) atoms. The highest BCUT2D eigenvalue weighted by Crippen LogP contribution is 2.18. The first-order valence-electron chi connectivity index (χ1n) is 8.36. The molecule has 0 heterocycles. The number of amides is 2. The maximum absolute atomic E-state index is 13.1. The number of carbonyl (C=O) groups excluding carboxylic acids is 2. The summed E-state index contributed by atoms with van der Waals surface area (Å²) in [6.45, 7) is 4.05. The number of nitrogens with one attached hydrogen (secondary N) is 2. The summed E-state index contributed by atoms with van der Waals surface area (Å²) in [4.78, 5) is 24.4. The summed E-state index contributed by atoms with van der Waals surface area (Å²) < 4.78 is 39.8. The molecule has 0 fully saturated rings. The van der Waals surface area contributed by atoms with Crippen LogP contribution in [-0.4, -0.2) is 37.6 Å². The summed E-state index contributed by atoms with van der Waals surface area (Å²) in [5, 5.41) is 0. The highest BCUT2D eigenvalue weighted by molar-refractivity contribution is 9.10. The third-order valence-electron chi connectivity index (χ3n) is 3.90. The van der Waals surface area contributed by atoms with Crippen LogP contribution in [0.2, 0.25) is 0 Å². The Labute approximate surface area is 171 Å². The van der Waals surface area contributed by atoms with Gasteiger partial charge in [-0.3, -0.25) is 20.4 Å². The predicted octanol–water partition coefficient (Wildman–Crippen LogP) is 2.69. The van der Waals surface area contributed by atoms with Crippen LogP contribution in [-0.2, 0) is 10.0 Å². The van der Waals surface area contributed by atoms with Crippen LogP contribution in [0, 0.1) is 5.82 Å². The summed E-state index contributed by atoms with van der Waals surface area (Å²) >= 11 is 3.07. The van der Waals surface area contributed by atoms with E-state index in [0.29, 0.717) is 13.1 Å². The Bertz CT molecular complexity index is 994. The van der Waals surface area contributed by atoms with Gasteiger partial charge in [0, 0.05) is 23.1 Å². The van der Waals surface area contributed by atoms with Gasteiger partial charge < -0.3 is 0 Å². The SMILES string of the molecule is CCN(CC)S(=O)(=O)c1cccc(C(=O)NNC(=O)c2ccc(F)cc2Br)c1. The molecule has 2 rings (SSSR count). The van der Waals surface area contributed by atoms with Crippen molar-refractivity contribution in [1.29, 1.82) is 0 Å². The van der Waals surface area contributed by atoms with E-state index in [4.69, 9.17) is 0 Å². The van der Waals surface area contributed by atoms with E-state index in [9.17, 15) is 22.4 Å². The number of hydrogen-bond acceptors (Lipinski definition) is 4. The Hall–Kier alpha value is -2.30. The van der Waals surface area contributed by atoms with Crippen molar-refractivity contribution in [2.75, 3.05) is 13.1 Å². The van der Waals surface area contributed by atoms with Gasteiger partial charge in [-0.1, -0.05) is 19.9 Å². The van der Waals surface area contributed by atoms with Crippen LogP contribution in [0.5, 0.6) is 0 Å². The summed E-state index contributed by atoms with van der Waals surface area (Å²) in [5.74, 6) is -1.87. The fraction of sp³-hybridized carbons (Fsp3) is 0.222. The molecule has 150 valence electrons. The summed E-state index contributed by atoms with van der Waals surface area (Å²) in [6.07, 6.45) is 0. The van der Waals surface area contributed by atoms with Gasteiger partial charge in [0.05, 0.1) is 10.5 Å². The number of hydrazine groups is 1. The molecular formula is C18H19BrFN3O4S. The van der Waals surface area contributed by atoms with Gasteiger partial charge in [-0.05, 0) is 52.3 Å². The first kappa shape index (κ1) is 22.0. The number of rotatable bonds is 6. The molecule has 0 aliphatic heterocycles. The van der Waals surface area contributed by atoms with E-state index in [1.54, 1.807) is 13.8 Å². The number of halogens is 2. The van der Waals surface area contributed by atoms with Crippen molar-refractivity contribution < 1.29 is 22.4 Å². The molecule has 0 atom stereocenters. The van der Waals surface area contributed by atoms with Gasteiger partial charge in [0.1, 0.15) is 5.82 Å². The normalized spacial score (nSPS) is 11.3. The van der Waals surface area contributed by atoms with Crippen LogP contribution in [0.1, 0.15) is 34.6 Å². The fourth-order valence-electron chi connectivity index (χ4n) is 2.44. The third-order valence-corrected chi connectivity index (χ3v) is 6.61. The van der Waals surface area contributed by atoms with E-state index in [0.717, 1.165) is 12.1 Å². The summed E-state index contributed by atoms with van der Waals surface area (Å²) in [5.41, 5.74) is 4.61. The number of sulfonamides is 1. The first-order valence-corrected chi connectivity index (χ1v) is 10.6. The van der Waals surface area contributed by atoms with Gasteiger partial charge in [-0.25, -0.2) is 12.8 Å². The molecule has 0 bridgehead atoms. The van der Waals surface area contributed by atoms with Crippen molar-refractivity contribution in [3.05, 3.63) is 63.9 Å². The molecule has 0 aromatic heterocycles. The van der Waals surface area contributed by atoms with Crippen molar-refractivity contribution in [2.24, 2.45) is 0 Å². The number of nitrogens with zero attached hydrogens (tertiary/aromatic N) is 1.